The number of hydrogen-bond acceptors (Lipinski definition) is 5. The predicted molar refractivity (Wildman–Crippen MR) is 115 cm³/mol. The molecule has 0 bridgehead atoms. The summed E-state index contributed by atoms with van der Waals surface area (Å²) in [5.41, 5.74) is 3.38. The van der Waals surface area contributed by atoms with Crippen LogP contribution >= 0.6 is 23.5 Å². The van der Waals surface area contributed by atoms with Gasteiger partial charge >= 0.3 is 0 Å². The van der Waals surface area contributed by atoms with Gasteiger partial charge in [-0.25, -0.2) is 4.98 Å². The summed E-state index contributed by atoms with van der Waals surface area (Å²) in [5, 5.41) is 0.916. The van der Waals surface area contributed by atoms with Crippen molar-refractivity contribution in [3.8, 4) is 5.69 Å². The lowest BCUT2D eigenvalue weighted by atomic mass is 10.2. The Hall–Kier alpha value is -2.31. The number of ketones is 1. The van der Waals surface area contributed by atoms with E-state index in [0.29, 0.717) is 16.0 Å². The summed E-state index contributed by atoms with van der Waals surface area (Å²) in [4.78, 5) is 31.3. The molecule has 0 saturated carbocycles. The predicted octanol–water partition coefficient (Wildman–Crippen LogP) is 4.55. The SMILES string of the molecule is Cc1ccc(-n2c(SCC(=O)c3ccccc3)nc3c(c2=O)SC(C)C3)cc1. The number of aryl methyl sites for hydroxylation is 1. The molecule has 0 saturated heterocycles. The molecule has 0 fully saturated rings. The monoisotopic (exact) mass is 408 g/mol. The molecule has 1 unspecified atom stereocenters. The number of aromatic nitrogens is 2. The summed E-state index contributed by atoms with van der Waals surface area (Å²) in [6.45, 7) is 4.12. The summed E-state index contributed by atoms with van der Waals surface area (Å²) >= 11 is 2.91. The van der Waals surface area contributed by atoms with Crippen molar-refractivity contribution in [3.63, 3.8) is 0 Å². The molecule has 2 heterocycles. The van der Waals surface area contributed by atoms with Gasteiger partial charge in [0.1, 0.15) is 0 Å². The van der Waals surface area contributed by atoms with Crippen molar-refractivity contribution in [2.75, 3.05) is 5.75 Å². The summed E-state index contributed by atoms with van der Waals surface area (Å²) in [6, 6.07) is 17.0. The Morgan fingerprint density at radius 3 is 2.61 bits per heavy atom. The number of rotatable bonds is 5. The minimum atomic E-state index is -0.0436. The standard InChI is InChI=1S/C22H20N2O2S2/c1-14-8-10-17(11-9-14)24-21(26)20-18(12-15(2)28-20)23-22(24)27-13-19(25)16-6-4-3-5-7-16/h3-11,15H,12-13H2,1-2H3. The number of benzene rings is 2. The number of nitrogens with zero attached hydrogens (tertiary/aromatic N) is 2. The van der Waals surface area contributed by atoms with Gasteiger partial charge in [-0.05, 0) is 19.1 Å². The molecule has 0 N–H and O–H groups in total. The van der Waals surface area contributed by atoms with Crippen LogP contribution in [0, 0.1) is 6.92 Å². The second-order valence-corrected chi connectivity index (χ2v) is 9.25. The first-order valence-electron chi connectivity index (χ1n) is 9.13. The molecule has 1 aliphatic heterocycles. The van der Waals surface area contributed by atoms with Gasteiger partial charge in [0.15, 0.2) is 10.9 Å². The number of Topliss-reactive ketones (excluding diaryl/α,β-unsaturated/α-hetero) is 1. The fraction of sp³-hybridized carbons (Fsp3) is 0.227. The number of fused-ring (bicyclic) bond motifs is 1. The van der Waals surface area contributed by atoms with Crippen molar-refractivity contribution in [2.24, 2.45) is 0 Å². The van der Waals surface area contributed by atoms with E-state index in [1.807, 2.05) is 61.5 Å². The third-order valence-corrected chi connectivity index (χ3v) is 6.76. The highest BCUT2D eigenvalue weighted by Gasteiger charge is 2.27. The molecule has 0 aliphatic carbocycles. The van der Waals surface area contributed by atoms with E-state index in [1.165, 1.54) is 11.8 Å². The summed E-state index contributed by atoms with van der Waals surface area (Å²) in [6.07, 6.45) is 0.782. The van der Waals surface area contributed by atoms with Crippen LogP contribution in [-0.2, 0) is 6.42 Å². The molecule has 28 heavy (non-hydrogen) atoms. The van der Waals surface area contributed by atoms with E-state index in [0.717, 1.165) is 28.3 Å². The molecule has 1 atom stereocenters. The molecule has 6 heteroatoms. The van der Waals surface area contributed by atoms with Gasteiger partial charge in [-0.1, -0.05) is 66.7 Å². The van der Waals surface area contributed by atoms with Gasteiger partial charge in [-0.3, -0.25) is 14.2 Å². The Morgan fingerprint density at radius 2 is 1.89 bits per heavy atom. The molecule has 4 rings (SSSR count). The molecule has 3 aromatic rings. The third-order valence-electron chi connectivity index (χ3n) is 4.60. The maximum absolute atomic E-state index is 13.2. The van der Waals surface area contributed by atoms with E-state index in [4.69, 9.17) is 4.98 Å². The van der Waals surface area contributed by atoms with Gasteiger partial charge < -0.3 is 0 Å². The van der Waals surface area contributed by atoms with Crippen LogP contribution in [0.4, 0.5) is 0 Å². The zero-order valence-corrected chi connectivity index (χ0v) is 17.3. The number of hydrogen-bond donors (Lipinski definition) is 0. The first-order valence-corrected chi connectivity index (χ1v) is 11.0. The van der Waals surface area contributed by atoms with Gasteiger partial charge in [0.25, 0.3) is 5.56 Å². The Bertz CT molecular complexity index is 1080. The molecule has 0 amide bonds. The Labute approximate surface area is 172 Å². The normalized spacial score (nSPS) is 15.4. The molecule has 1 aliphatic rings. The molecule has 0 radical (unpaired) electrons. The van der Waals surface area contributed by atoms with Crippen LogP contribution in [0.15, 0.2) is 69.4 Å². The summed E-state index contributed by atoms with van der Waals surface area (Å²) in [7, 11) is 0. The van der Waals surface area contributed by atoms with Crippen molar-refractivity contribution in [1.82, 2.24) is 9.55 Å². The number of carbonyl (C=O) groups excluding carboxylic acids is 1. The van der Waals surface area contributed by atoms with Crippen LogP contribution in [-0.4, -0.2) is 26.3 Å². The average molecular weight is 409 g/mol. The lowest BCUT2D eigenvalue weighted by molar-refractivity contribution is 0.102. The van der Waals surface area contributed by atoms with E-state index >= 15 is 0 Å². The minimum Gasteiger partial charge on any atom is -0.293 e. The summed E-state index contributed by atoms with van der Waals surface area (Å²) < 4.78 is 1.65. The van der Waals surface area contributed by atoms with Crippen molar-refractivity contribution in [3.05, 3.63) is 81.8 Å². The third kappa shape index (κ3) is 3.80. The summed E-state index contributed by atoms with van der Waals surface area (Å²) in [5.74, 6) is 0.266. The van der Waals surface area contributed by atoms with Gasteiger partial charge in [-0.15, -0.1) is 11.8 Å². The van der Waals surface area contributed by atoms with Crippen LogP contribution in [0.25, 0.3) is 5.69 Å². The van der Waals surface area contributed by atoms with Crippen LogP contribution in [0.1, 0.15) is 28.5 Å². The van der Waals surface area contributed by atoms with Crippen LogP contribution in [0.2, 0.25) is 0 Å². The Balaban J connectivity index is 1.72. The van der Waals surface area contributed by atoms with E-state index < -0.39 is 0 Å². The highest BCUT2D eigenvalue weighted by atomic mass is 32.2. The number of carbonyl (C=O) groups is 1. The first kappa shape index (κ1) is 19.0. The van der Waals surface area contributed by atoms with E-state index in [9.17, 15) is 9.59 Å². The van der Waals surface area contributed by atoms with Crippen molar-refractivity contribution < 1.29 is 4.79 Å². The highest BCUT2D eigenvalue weighted by Crippen LogP contribution is 2.35. The topological polar surface area (TPSA) is 52.0 Å². The van der Waals surface area contributed by atoms with Gasteiger partial charge in [0, 0.05) is 17.2 Å². The zero-order chi connectivity index (χ0) is 19.7. The smallest absolute Gasteiger partial charge is 0.272 e. The molecule has 4 nitrogen and oxygen atoms in total. The van der Waals surface area contributed by atoms with Crippen molar-refractivity contribution in [2.45, 2.75) is 35.6 Å². The maximum Gasteiger partial charge on any atom is 0.272 e. The fourth-order valence-electron chi connectivity index (χ4n) is 3.16. The Kier molecular flexibility index (Phi) is 5.42. The molecule has 142 valence electrons. The Morgan fingerprint density at radius 1 is 1.18 bits per heavy atom. The molecular weight excluding hydrogens is 388 g/mol. The lowest BCUT2D eigenvalue weighted by Crippen LogP contribution is -2.24. The highest BCUT2D eigenvalue weighted by molar-refractivity contribution is 8.00. The molecular formula is C22H20N2O2S2. The maximum atomic E-state index is 13.2. The van der Waals surface area contributed by atoms with E-state index in [1.54, 1.807) is 16.3 Å². The first-order chi connectivity index (χ1) is 13.5. The minimum absolute atomic E-state index is 0.0264. The van der Waals surface area contributed by atoms with Crippen LogP contribution in [0.3, 0.4) is 0 Å². The second kappa shape index (κ2) is 7.97. The zero-order valence-electron chi connectivity index (χ0n) is 15.7. The molecule has 1 aromatic heterocycles. The largest absolute Gasteiger partial charge is 0.293 e. The van der Waals surface area contributed by atoms with Crippen molar-refractivity contribution >= 4 is 29.3 Å². The van der Waals surface area contributed by atoms with Gasteiger partial charge in [0.05, 0.1) is 22.0 Å². The second-order valence-electron chi connectivity index (χ2n) is 6.86. The fourth-order valence-corrected chi connectivity index (χ4v) is 5.18. The average Bonchev–Trinajstić information content (AvgIpc) is 3.08. The van der Waals surface area contributed by atoms with E-state index in [-0.39, 0.29) is 17.1 Å². The van der Waals surface area contributed by atoms with Gasteiger partial charge in [0.2, 0.25) is 0 Å². The van der Waals surface area contributed by atoms with E-state index in [2.05, 4.69) is 6.92 Å². The van der Waals surface area contributed by atoms with Crippen LogP contribution < -0.4 is 5.56 Å². The van der Waals surface area contributed by atoms with Crippen molar-refractivity contribution in [1.29, 1.82) is 0 Å². The van der Waals surface area contributed by atoms with Crippen LogP contribution in [0.5, 0.6) is 0 Å². The lowest BCUT2D eigenvalue weighted by Gasteiger charge is -2.13. The molecule has 0 spiro atoms. The quantitative estimate of drug-likeness (QED) is 0.352. The molecule has 2 aromatic carbocycles. The van der Waals surface area contributed by atoms with Gasteiger partial charge in [-0.2, -0.15) is 0 Å². The number of thioether (sulfide) groups is 2.